The molecule has 1 heterocycles. The number of aromatic nitrogens is 2. The van der Waals surface area contributed by atoms with Crippen LogP contribution in [-0.2, 0) is 26.6 Å². The van der Waals surface area contributed by atoms with Gasteiger partial charge >= 0.3 is 0 Å². The first-order valence-corrected chi connectivity index (χ1v) is 12.1. The van der Waals surface area contributed by atoms with Crippen LogP contribution in [0.25, 0.3) is 0 Å². The number of hydrogen-bond donors (Lipinski definition) is 2. The lowest BCUT2D eigenvalue weighted by Crippen LogP contribution is -2.43. The number of rotatable bonds is 8. The Morgan fingerprint density at radius 3 is 2.50 bits per heavy atom. The molecule has 0 radical (unpaired) electrons. The Kier molecular flexibility index (Phi) is 8.74. The molecule has 6 nitrogen and oxygen atoms in total. The Morgan fingerprint density at radius 1 is 1.19 bits per heavy atom. The van der Waals surface area contributed by atoms with Crippen molar-refractivity contribution >= 4 is 5.96 Å². The number of hydrogen-bond acceptors (Lipinski definition) is 3. The molecule has 0 aliphatic heterocycles. The SMILES string of the molecule is CN=C(NCc1ccccc1CN(C)C1CCCCC1)NC(C)Cc1c(C)nn(C)c1C. The Hall–Kier alpha value is -2.34. The van der Waals surface area contributed by atoms with Crippen LogP contribution in [0.3, 0.4) is 0 Å². The predicted octanol–water partition coefficient (Wildman–Crippen LogP) is 4.10. The molecule has 32 heavy (non-hydrogen) atoms. The molecule has 0 amide bonds. The first-order chi connectivity index (χ1) is 15.4. The van der Waals surface area contributed by atoms with Crippen LogP contribution in [0.4, 0.5) is 0 Å². The summed E-state index contributed by atoms with van der Waals surface area (Å²) in [6.07, 6.45) is 7.74. The van der Waals surface area contributed by atoms with Gasteiger partial charge in [0, 0.05) is 45.0 Å². The van der Waals surface area contributed by atoms with Gasteiger partial charge in [0.05, 0.1) is 5.69 Å². The van der Waals surface area contributed by atoms with Gasteiger partial charge in [-0.05, 0) is 63.8 Å². The van der Waals surface area contributed by atoms with Gasteiger partial charge in [-0.3, -0.25) is 14.6 Å². The summed E-state index contributed by atoms with van der Waals surface area (Å²) in [5, 5.41) is 11.6. The van der Waals surface area contributed by atoms with Crippen molar-refractivity contribution in [3.05, 3.63) is 52.3 Å². The van der Waals surface area contributed by atoms with Crippen LogP contribution in [-0.4, -0.2) is 46.8 Å². The molecule has 0 saturated heterocycles. The number of guanidine groups is 1. The second-order valence-corrected chi connectivity index (χ2v) is 9.42. The average Bonchev–Trinajstić information content (AvgIpc) is 3.03. The fourth-order valence-electron chi connectivity index (χ4n) is 4.88. The fourth-order valence-corrected chi connectivity index (χ4v) is 4.88. The van der Waals surface area contributed by atoms with E-state index in [1.54, 1.807) is 0 Å². The Morgan fingerprint density at radius 2 is 1.88 bits per heavy atom. The highest BCUT2D eigenvalue weighted by molar-refractivity contribution is 5.80. The third-order valence-electron chi connectivity index (χ3n) is 6.96. The van der Waals surface area contributed by atoms with Crippen molar-refractivity contribution in [2.24, 2.45) is 12.0 Å². The summed E-state index contributed by atoms with van der Waals surface area (Å²) >= 11 is 0. The minimum atomic E-state index is 0.260. The lowest BCUT2D eigenvalue weighted by molar-refractivity contribution is 0.184. The molecule has 2 N–H and O–H groups in total. The molecule has 1 atom stereocenters. The van der Waals surface area contributed by atoms with Crippen molar-refractivity contribution in [1.82, 2.24) is 25.3 Å². The van der Waals surface area contributed by atoms with E-state index in [0.717, 1.165) is 37.2 Å². The van der Waals surface area contributed by atoms with Gasteiger partial charge in [-0.1, -0.05) is 43.5 Å². The zero-order chi connectivity index (χ0) is 23.1. The first kappa shape index (κ1) is 24.3. The van der Waals surface area contributed by atoms with Crippen molar-refractivity contribution in [3.8, 4) is 0 Å². The highest BCUT2D eigenvalue weighted by Gasteiger charge is 2.19. The van der Waals surface area contributed by atoms with Crippen LogP contribution in [0.1, 0.15) is 67.1 Å². The summed E-state index contributed by atoms with van der Waals surface area (Å²) in [5.74, 6) is 0.840. The molecular weight excluding hydrogens is 396 g/mol. The summed E-state index contributed by atoms with van der Waals surface area (Å²) in [6.45, 7) is 8.20. The summed E-state index contributed by atoms with van der Waals surface area (Å²) < 4.78 is 1.96. The quantitative estimate of drug-likeness (QED) is 0.481. The number of benzene rings is 1. The van der Waals surface area contributed by atoms with Crippen LogP contribution in [0, 0.1) is 13.8 Å². The zero-order valence-electron chi connectivity index (χ0n) is 20.9. The minimum absolute atomic E-state index is 0.260. The molecule has 3 rings (SSSR count). The van der Waals surface area contributed by atoms with E-state index in [0.29, 0.717) is 0 Å². The topological polar surface area (TPSA) is 57.5 Å². The van der Waals surface area contributed by atoms with E-state index < -0.39 is 0 Å². The molecule has 0 spiro atoms. The Balaban J connectivity index is 1.56. The molecule has 1 fully saturated rings. The highest BCUT2D eigenvalue weighted by Crippen LogP contribution is 2.23. The zero-order valence-corrected chi connectivity index (χ0v) is 20.9. The van der Waals surface area contributed by atoms with E-state index in [2.05, 4.69) is 77.7 Å². The largest absolute Gasteiger partial charge is 0.354 e. The van der Waals surface area contributed by atoms with E-state index >= 15 is 0 Å². The maximum absolute atomic E-state index is 4.54. The molecule has 6 heteroatoms. The average molecular weight is 439 g/mol. The third kappa shape index (κ3) is 6.35. The predicted molar refractivity (Wildman–Crippen MR) is 134 cm³/mol. The van der Waals surface area contributed by atoms with Gasteiger partial charge < -0.3 is 10.6 Å². The third-order valence-corrected chi connectivity index (χ3v) is 6.96. The van der Waals surface area contributed by atoms with E-state index in [1.807, 2.05) is 18.8 Å². The monoisotopic (exact) mass is 438 g/mol. The van der Waals surface area contributed by atoms with Crippen LogP contribution >= 0.6 is 0 Å². The van der Waals surface area contributed by atoms with Crippen molar-refractivity contribution in [2.45, 2.75) is 84.5 Å². The second-order valence-electron chi connectivity index (χ2n) is 9.42. The standard InChI is InChI=1S/C26H42N6/c1-19(16-25-20(2)30-32(6)21(25)3)29-26(27-4)28-17-22-12-10-11-13-23(22)18-31(5)24-14-8-7-9-15-24/h10-13,19,24H,7-9,14-18H2,1-6H3,(H2,27,28,29). The van der Waals surface area contributed by atoms with Crippen LogP contribution in [0.5, 0.6) is 0 Å². The summed E-state index contributed by atoms with van der Waals surface area (Å²) in [7, 11) is 6.13. The van der Waals surface area contributed by atoms with Gasteiger partial charge in [-0.25, -0.2) is 0 Å². The van der Waals surface area contributed by atoms with Crippen molar-refractivity contribution < 1.29 is 0 Å². The Bertz CT molecular complexity index is 894. The van der Waals surface area contributed by atoms with Crippen molar-refractivity contribution in [1.29, 1.82) is 0 Å². The van der Waals surface area contributed by atoms with E-state index in [9.17, 15) is 0 Å². The minimum Gasteiger partial charge on any atom is -0.354 e. The molecule has 0 bridgehead atoms. The van der Waals surface area contributed by atoms with E-state index in [4.69, 9.17) is 0 Å². The van der Waals surface area contributed by atoms with E-state index in [1.165, 1.54) is 54.5 Å². The van der Waals surface area contributed by atoms with Gasteiger partial charge in [-0.15, -0.1) is 0 Å². The lowest BCUT2D eigenvalue weighted by atomic mass is 9.94. The second kappa shape index (κ2) is 11.5. The lowest BCUT2D eigenvalue weighted by Gasteiger charge is -2.31. The van der Waals surface area contributed by atoms with Gasteiger partial charge in [-0.2, -0.15) is 5.10 Å². The van der Waals surface area contributed by atoms with E-state index in [-0.39, 0.29) is 6.04 Å². The van der Waals surface area contributed by atoms with Gasteiger partial charge in [0.1, 0.15) is 0 Å². The Labute approximate surface area is 194 Å². The molecule has 1 aromatic carbocycles. The molecule has 1 aromatic heterocycles. The summed E-state index contributed by atoms with van der Waals surface area (Å²) in [6, 6.07) is 9.77. The molecule has 1 unspecified atom stereocenters. The number of aliphatic imine (C=N–C) groups is 1. The summed E-state index contributed by atoms with van der Waals surface area (Å²) in [4.78, 5) is 7.01. The number of nitrogens with zero attached hydrogens (tertiary/aromatic N) is 4. The molecule has 1 aliphatic carbocycles. The molecular formula is C26H42N6. The first-order valence-electron chi connectivity index (χ1n) is 12.1. The normalized spacial score (nSPS) is 16.4. The van der Waals surface area contributed by atoms with Crippen molar-refractivity contribution in [3.63, 3.8) is 0 Å². The van der Waals surface area contributed by atoms with Crippen molar-refractivity contribution in [2.75, 3.05) is 14.1 Å². The fraction of sp³-hybridized carbons (Fsp3) is 0.615. The summed E-state index contributed by atoms with van der Waals surface area (Å²) in [5.41, 5.74) is 6.40. The smallest absolute Gasteiger partial charge is 0.191 e. The molecule has 1 aliphatic rings. The number of nitrogens with one attached hydrogen (secondary N) is 2. The maximum Gasteiger partial charge on any atom is 0.191 e. The number of aryl methyl sites for hydroxylation is 2. The van der Waals surface area contributed by atoms with Gasteiger partial charge in [0.2, 0.25) is 0 Å². The molecule has 2 aromatic rings. The van der Waals surface area contributed by atoms with Crippen LogP contribution in [0.15, 0.2) is 29.3 Å². The van der Waals surface area contributed by atoms with Gasteiger partial charge in [0.25, 0.3) is 0 Å². The molecule has 176 valence electrons. The van der Waals surface area contributed by atoms with Crippen LogP contribution < -0.4 is 10.6 Å². The highest BCUT2D eigenvalue weighted by atomic mass is 15.3. The maximum atomic E-state index is 4.54. The molecule has 1 saturated carbocycles. The van der Waals surface area contributed by atoms with Gasteiger partial charge in [0.15, 0.2) is 5.96 Å². The van der Waals surface area contributed by atoms with Crippen LogP contribution in [0.2, 0.25) is 0 Å².